The monoisotopic (exact) mass is 300 g/mol. The molecule has 0 spiro atoms. The molecule has 0 saturated carbocycles. The molecular weight excluding hydrogens is 284 g/mol. The van der Waals surface area contributed by atoms with Crippen molar-refractivity contribution in [1.82, 2.24) is 5.32 Å². The molecule has 5 heteroatoms. The first-order valence-corrected chi connectivity index (χ1v) is 6.25. The number of hydrogen-bond donors (Lipinski definition) is 2. The Bertz CT molecular complexity index is 354. The molecular formula is C12H17BrN2O2. The Morgan fingerprint density at radius 1 is 1.47 bits per heavy atom. The SMILES string of the molecule is C[C@H](NC(=O)COCCN)c1ccc(Br)cc1. The Morgan fingerprint density at radius 3 is 2.71 bits per heavy atom. The first kappa shape index (κ1) is 14.2. The third-order valence-electron chi connectivity index (χ3n) is 2.24. The topological polar surface area (TPSA) is 64.3 Å². The minimum atomic E-state index is -0.131. The molecule has 94 valence electrons. The average Bonchev–Trinajstić information content (AvgIpc) is 2.30. The average molecular weight is 301 g/mol. The lowest BCUT2D eigenvalue weighted by atomic mass is 10.1. The molecule has 0 aliphatic heterocycles. The summed E-state index contributed by atoms with van der Waals surface area (Å²) in [5.74, 6) is -0.131. The molecule has 0 heterocycles. The third kappa shape index (κ3) is 5.30. The summed E-state index contributed by atoms with van der Waals surface area (Å²) in [6.45, 7) is 2.82. The van der Waals surface area contributed by atoms with Gasteiger partial charge in [0, 0.05) is 11.0 Å². The highest BCUT2D eigenvalue weighted by Gasteiger charge is 2.09. The van der Waals surface area contributed by atoms with Crippen LogP contribution in [0.4, 0.5) is 0 Å². The summed E-state index contributed by atoms with van der Waals surface area (Å²) in [6, 6.07) is 7.80. The maximum atomic E-state index is 11.5. The number of carbonyl (C=O) groups is 1. The van der Waals surface area contributed by atoms with E-state index in [2.05, 4.69) is 21.2 Å². The lowest BCUT2D eigenvalue weighted by Gasteiger charge is -2.14. The molecule has 0 aromatic heterocycles. The molecule has 1 atom stereocenters. The zero-order valence-electron chi connectivity index (χ0n) is 9.78. The number of rotatable bonds is 6. The van der Waals surface area contributed by atoms with Gasteiger partial charge in [-0.25, -0.2) is 0 Å². The number of benzene rings is 1. The zero-order valence-corrected chi connectivity index (χ0v) is 11.4. The van der Waals surface area contributed by atoms with Crippen LogP contribution in [-0.4, -0.2) is 25.7 Å². The van der Waals surface area contributed by atoms with Crippen molar-refractivity contribution in [1.29, 1.82) is 0 Å². The minimum absolute atomic E-state index is 0.0305. The molecule has 0 unspecified atom stereocenters. The van der Waals surface area contributed by atoms with E-state index in [1.807, 2.05) is 31.2 Å². The molecule has 0 fully saturated rings. The van der Waals surface area contributed by atoms with Gasteiger partial charge in [-0.3, -0.25) is 4.79 Å². The second kappa shape index (κ2) is 7.42. The molecule has 0 radical (unpaired) electrons. The fourth-order valence-corrected chi connectivity index (χ4v) is 1.63. The number of nitrogens with two attached hydrogens (primary N) is 1. The summed E-state index contributed by atoms with van der Waals surface area (Å²) in [6.07, 6.45) is 0. The summed E-state index contributed by atoms with van der Waals surface area (Å²) in [5, 5.41) is 2.85. The van der Waals surface area contributed by atoms with Gasteiger partial charge in [0.1, 0.15) is 6.61 Å². The summed E-state index contributed by atoms with van der Waals surface area (Å²) in [5.41, 5.74) is 6.32. The van der Waals surface area contributed by atoms with Gasteiger partial charge < -0.3 is 15.8 Å². The quantitative estimate of drug-likeness (QED) is 0.785. The van der Waals surface area contributed by atoms with E-state index in [4.69, 9.17) is 10.5 Å². The van der Waals surface area contributed by atoms with Crippen LogP contribution in [0, 0.1) is 0 Å². The minimum Gasteiger partial charge on any atom is -0.370 e. The van der Waals surface area contributed by atoms with Crippen LogP contribution in [0.3, 0.4) is 0 Å². The second-order valence-electron chi connectivity index (χ2n) is 3.68. The van der Waals surface area contributed by atoms with Crippen molar-refractivity contribution in [2.75, 3.05) is 19.8 Å². The Labute approximate surface area is 110 Å². The number of nitrogens with one attached hydrogen (secondary N) is 1. The van der Waals surface area contributed by atoms with E-state index in [1.54, 1.807) is 0 Å². The van der Waals surface area contributed by atoms with Crippen molar-refractivity contribution in [2.45, 2.75) is 13.0 Å². The van der Waals surface area contributed by atoms with Crippen LogP contribution in [0.1, 0.15) is 18.5 Å². The fourth-order valence-electron chi connectivity index (χ4n) is 1.37. The van der Waals surface area contributed by atoms with Crippen LogP contribution >= 0.6 is 15.9 Å². The van der Waals surface area contributed by atoms with Crippen molar-refractivity contribution in [3.8, 4) is 0 Å². The molecule has 0 aliphatic rings. The summed E-state index contributed by atoms with van der Waals surface area (Å²) in [4.78, 5) is 11.5. The smallest absolute Gasteiger partial charge is 0.246 e. The highest BCUT2D eigenvalue weighted by atomic mass is 79.9. The molecule has 17 heavy (non-hydrogen) atoms. The summed E-state index contributed by atoms with van der Waals surface area (Å²) >= 11 is 3.37. The van der Waals surface area contributed by atoms with Crippen LogP contribution < -0.4 is 11.1 Å². The van der Waals surface area contributed by atoms with Gasteiger partial charge in [-0.15, -0.1) is 0 Å². The molecule has 1 rings (SSSR count). The number of amides is 1. The molecule has 4 nitrogen and oxygen atoms in total. The van der Waals surface area contributed by atoms with Gasteiger partial charge in [-0.2, -0.15) is 0 Å². The normalized spacial score (nSPS) is 12.2. The van der Waals surface area contributed by atoms with E-state index in [-0.39, 0.29) is 18.6 Å². The van der Waals surface area contributed by atoms with Crippen LogP contribution in [0.5, 0.6) is 0 Å². The van der Waals surface area contributed by atoms with Gasteiger partial charge in [0.25, 0.3) is 0 Å². The first-order chi connectivity index (χ1) is 8.13. The Hall–Kier alpha value is -0.910. The van der Waals surface area contributed by atoms with Gasteiger partial charge in [0.05, 0.1) is 12.6 Å². The Morgan fingerprint density at radius 2 is 2.12 bits per heavy atom. The number of carbonyl (C=O) groups excluding carboxylic acids is 1. The van der Waals surface area contributed by atoms with Crippen LogP contribution in [0.25, 0.3) is 0 Å². The highest BCUT2D eigenvalue weighted by Crippen LogP contribution is 2.16. The Balaban J connectivity index is 2.40. The van der Waals surface area contributed by atoms with Crippen molar-refractivity contribution >= 4 is 21.8 Å². The van der Waals surface area contributed by atoms with Crippen molar-refractivity contribution in [3.63, 3.8) is 0 Å². The van der Waals surface area contributed by atoms with Gasteiger partial charge in [0.2, 0.25) is 5.91 Å². The predicted octanol–water partition coefficient (Wildman–Crippen LogP) is 1.60. The van der Waals surface area contributed by atoms with E-state index in [9.17, 15) is 4.79 Å². The van der Waals surface area contributed by atoms with Gasteiger partial charge in [-0.05, 0) is 24.6 Å². The number of halogens is 1. The Kier molecular flexibility index (Phi) is 6.18. The third-order valence-corrected chi connectivity index (χ3v) is 2.77. The lowest BCUT2D eigenvalue weighted by Crippen LogP contribution is -2.30. The number of hydrogen-bond acceptors (Lipinski definition) is 3. The molecule has 3 N–H and O–H groups in total. The van der Waals surface area contributed by atoms with Gasteiger partial charge >= 0.3 is 0 Å². The van der Waals surface area contributed by atoms with Gasteiger partial charge in [0.15, 0.2) is 0 Å². The predicted molar refractivity (Wildman–Crippen MR) is 70.6 cm³/mol. The van der Waals surface area contributed by atoms with E-state index in [1.165, 1.54) is 0 Å². The molecule has 1 amide bonds. The van der Waals surface area contributed by atoms with E-state index < -0.39 is 0 Å². The van der Waals surface area contributed by atoms with E-state index >= 15 is 0 Å². The molecule has 0 saturated heterocycles. The lowest BCUT2D eigenvalue weighted by molar-refractivity contribution is -0.126. The maximum absolute atomic E-state index is 11.5. The summed E-state index contributed by atoms with van der Waals surface area (Å²) < 4.78 is 6.08. The van der Waals surface area contributed by atoms with E-state index in [0.29, 0.717) is 13.2 Å². The number of ether oxygens (including phenoxy) is 1. The standard InChI is InChI=1S/C12H17BrN2O2/c1-9(10-2-4-11(13)5-3-10)15-12(16)8-17-7-6-14/h2-5,9H,6-8,14H2,1H3,(H,15,16)/t9-/m0/s1. The molecule has 0 bridgehead atoms. The zero-order chi connectivity index (χ0) is 12.7. The molecule has 0 aliphatic carbocycles. The van der Waals surface area contributed by atoms with Crippen molar-refractivity contribution in [2.24, 2.45) is 5.73 Å². The van der Waals surface area contributed by atoms with Crippen molar-refractivity contribution in [3.05, 3.63) is 34.3 Å². The van der Waals surface area contributed by atoms with Crippen molar-refractivity contribution < 1.29 is 9.53 Å². The fraction of sp³-hybridized carbons (Fsp3) is 0.417. The second-order valence-corrected chi connectivity index (χ2v) is 4.60. The van der Waals surface area contributed by atoms with Crippen LogP contribution in [-0.2, 0) is 9.53 Å². The van der Waals surface area contributed by atoms with Gasteiger partial charge in [-0.1, -0.05) is 28.1 Å². The molecule has 1 aromatic carbocycles. The first-order valence-electron chi connectivity index (χ1n) is 5.46. The van der Waals surface area contributed by atoms with Crippen LogP contribution in [0.15, 0.2) is 28.7 Å². The highest BCUT2D eigenvalue weighted by molar-refractivity contribution is 9.10. The van der Waals surface area contributed by atoms with E-state index in [0.717, 1.165) is 10.0 Å². The van der Waals surface area contributed by atoms with Crippen LogP contribution in [0.2, 0.25) is 0 Å². The maximum Gasteiger partial charge on any atom is 0.246 e. The molecule has 1 aromatic rings. The largest absolute Gasteiger partial charge is 0.370 e. The summed E-state index contributed by atoms with van der Waals surface area (Å²) in [7, 11) is 0.